The van der Waals surface area contributed by atoms with Crippen molar-refractivity contribution < 1.29 is 9.50 Å². The Morgan fingerprint density at radius 3 is 2.84 bits per heavy atom. The van der Waals surface area contributed by atoms with Crippen molar-refractivity contribution in [3.8, 4) is 5.88 Å². The molecule has 0 aliphatic carbocycles. The van der Waals surface area contributed by atoms with Crippen molar-refractivity contribution in [2.24, 2.45) is 4.99 Å². The van der Waals surface area contributed by atoms with Gasteiger partial charge in [0.15, 0.2) is 0 Å². The third-order valence-corrected chi connectivity index (χ3v) is 4.16. The fourth-order valence-electron chi connectivity index (χ4n) is 2.91. The summed E-state index contributed by atoms with van der Waals surface area (Å²) in [6.07, 6.45) is 4.84. The Labute approximate surface area is 144 Å². The third kappa shape index (κ3) is 3.21. The van der Waals surface area contributed by atoms with Crippen LogP contribution in [0, 0.1) is 5.82 Å². The summed E-state index contributed by atoms with van der Waals surface area (Å²) in [4.78, 5) is 11.6. The fourth-order valence-corrected chi connectivity index (χ4v) is 2.91. The molecule has 5 heteroatoms. The number of nitrogens with one attached hydrogen (secondary N) is 1. The molecule has 0 radical (unpaired) electrons. The highest BCUT2D eigenvalue weighted by Crippen LogP contribution is 2.33. The molecule has 1 aliphatic heterocycles. The Morgan fingerprint density at radius 2 is 1.96 bits per heavy atom. The number of rotatable bonds is 4. The van der Waals surface area contributed by atoms with Gasteiger partial charge < -0.3 is 10.1 Å². The van der Waals surface area contributed by atoms with Gasteiger partial charge in [-0.25, -0.2) is 4.39 Å². The first kappa shape index (κ1) is 15.3. The van der Waals surface area contributed by atoms with Crippen LogP contribution in [0.4, 0.5) is 10.1 Å². The van der Waals surface area contributed by atoms with Crippen molar-refractivity contribution in [1.29, 1.82) is 0 Å². The molecule has 1 aromatic heterocycles. The van der Waals surface area contributed by atoms with E-state index in [1.807, 2.05) is 36.4 Å². The maximum absolute atomic E-state index is 13.2. The second kappa shape index (κ2) is 6.36. The summed E-state index contributed by atoms with van der Waals surface area (Å²) in [5, 5.41) is 10.1. The van der Waals surface area contributed by atoms with Crippen LogP contribution in [-0.2, 0) is 12.8 Å². The molecule has 0 saturated heterocycles. The summed E-state index contributed by atoms with van der Waals surface area (Å²) >= 11 is 0. The van der Waals surface area contributed by atoms with E-state index < -0.39 is 0 Å². The zero-order valence-corrected chi connectivity index (χ0v) is 13.4. The Morgan fingerprint density at radius 1 is 1.08 bits per heavy atom. The zero-order valence-electron chi connectivity index (χ0n) is 13.4. The summed E-state index contributed by atoms with van der Waals surface area (Å²) < 4.78 is 13.2. The minimum atomic E-state index is -0.246. The van der Waals surface area contributed by atoms with Gasteiger partial charge in [0, 0.05) is 23.8 Å². The van der Waals surface area contributed by atoms with E-state index in [0.717, 1.165) is 22.4 Å². The first-order valence-corrected chi connectivity index (χ1v) is 8.06. The van der Waals surface area contributed by atoms with Gasteiger partial charge in [0.2, 0.25) is 5.88 Å². The third-order valence-electron chi connectivity index (χ3n) is 4.16. The molecule has 0 unspecified atom stereocenters. The van der Waals surface area contributed by atoms with Gasteiger partial charge in [-0.1, -0.05) is 30.3 Å². The summed E-state index contributed by atoms with van der Waals surface area (Å²) in [7, 11) is 0. The van der Waals surface area contributed by atoms with Gasteiger partial charge in [-0.3, -0.25) is 4.99 Å². The van der Waals surface area contributed by atoms with E-state index in [2.05, 4.69) is 15.0 Å². The highest BCUT2D eigenvalue weighted by atomic mass is 19.1. The number of fused-ring (bicyclic) bond motifs is 1. The number of halogens is 1. The predicted molar refractivity (Wildman–Crippen MR) is 96.5 cm³/mol. The van der Waals surface area contributed by atoms with E-state index in [4.69, 9.17) is 0 Å². The molecular weight excluding hydrogens is 317 g/mol. The predicted octanol–water partition coefficient (Wildman–Crippen LogP) is 4.30. The average Bonchev–Trinajstić information content (AvgIpc) is 3.18. The summed E-state index contributed by atoms with van der Waals surface area (Å²) in [6.45, 7) is 0. The molecule has 0 bridgehead atoms. The number of imidazole rings is 1. The fraction of sp³-hybridized carbons (Fsp3) is 0.100. The second-order valence-corrected chi connectivity index (χ2v) is 5.93. The Hall–Kier alpha value is -3.21. The van der Waals surface area contributed by atoms with Crippen LogP contribution in [0.25, 0.3) is 11.6 Å². The van der Waals surface area contributed by atoms with E-state index in [1.165, 1.54) is 12.1 Å². The first-order chi connectivity index (χ1) is 12.2. The minimum absolute atomic E-state index is 0.0421. The number of aryl methyl sites for hydroxylation is 2. The van der Waals surface area contributed by atoms with Gasteiger partial charge in [0.1, 0.15) is 17.3 Å². The molecule has 124 valence electrons. The van der Waals surface area contributed by atoms with Crippen molar-refractivity contribution in [2.75, 3.05) is 0 Å². The van der Waals surface area contributed by atoms with E-state index >= 15 is 0 Å². The Bertz CT molecular complexity index is 988. The number of hydrogen-bond donors (Lipinski definition) is 2. The number of aromatic nitrogens is 2. The quantitative estimate of drug-likeness (QED) is 0.748. The molecule has 0 saturated carbocycles. The van der Waals surface area contributed by atoms with E-state index in [9.17, 15) is 9.50 Å². The van der Waals surface area contributed by atoms with Crippen LogP contribution in [0.5, 0.6) is 5.88 Å². The lowest BCUT2D eigenvalue weighted by molar-refractivity contribution is 0.454. The van der Waals surface area contributed by atoms with Gasteiger partial charge in [-0.2, -0.15) is 4.98 Å². The molecular formula is C20H16FN3O. The standard InChI is InChI=1S/C20H16FN3O/c21-15-5-3-4-13(10-15)8-9-19-23-18(20(25)24-19)11-14-12-22-17-7-2-1-6-16(14)17/h1-7,10-12,25H,8-9H2,(H,23,24)/b14-11+. The summed E-state index contributed by atoms with van der Waals surface area (Å²) in [6, 6.07) is 14.3. The van der Waals surface area contributed by atoms with Crippen LogP contribution in [0.3, 0.4) is 0 Å². The highest BCUT2D eigenvalue weighted by molar-refractivity contribution is 6.21. The van der Waals surface area contributed by atoms with E-state index in [0.29, 0.717) is 24.4 Å². The van der Waals surface area contributed by atoms with Gasteiger partial charge in [0.25, 0.3) is 0 Å². The van der Waals surface area contributed by atoms with Crippen molar-refractivity contribution >= 4 is 23.6 Å². The van der Waals surface area contributed by atoms with Crippen LogP contribution >= 0.6 is 0 Å². The smallest absolute Gasteiger partial charge is 0.237 e. The average molecular weight is 333 g/mol. The second-order valence-electron chi connectivity index (χ2n) is 5.93. The normalized spacial score (nSPS) is 14.2. The molecule has 1 aliphatic rings. The Balaban J connectivity index is 1.53. The van der Waals surface area contributed by atoms with E-state index in [1.54, 1.807) is 12.3 Å². The van der Waals surface area contributed by atoms with E-state index in [-0.39, 0.29) is 11.7 Å². The number of nitrogens with zero attached hydrogens (tertiary/aromatic N) is 2. The first-order valence-electron chi connectivity index (χ1n) is 8.06. The Kier molecular flexibility index (Phi) is 3.90. The molecule has 2 aromatic carbocycles. The minimum Gasteiger partial charge on any atom is -0.492 e. The van der Waals surface area contributed by atoms with Crippen LogP contribution in [0.15, 0.2) is 53.5 Å². The van der Waals surface area contributed by atoms with Crippen LogP contribution < -0.4 is 0 Å². The van der Waals surface area contributed by atoms with Gasteiger partial charge in [0.05, 0.1) is 5.69 Å². The maximum Gasteiger partial charge on any atom is 0.237 e. The summed E-state index contributed by atoms with van der Waals surface area (Å²) in [5.41, 5.74) is 4.31. The molecule has 0 amide bonds. The maximum atomic E-state index is 13.2. The molecule has 2 heterocycles. The zero-order chi connectivity index (χ0) is 17.2. The molecule has 25 heavy (non-hydrogen) atoms. The van der Waals surface area contributed by atoms with Crippen LogP contribution in [0.2, 0.25) is 0 Å². The number of para-hydroxylation sites is 1. The topological polar surface area (TPSA) is 61.3 Å². The van der Waals surface area contributed by atoms with Crippen molar-refractivity contribution in [2.45, 2.75) is 12.8 Å². The molecule has 0 atom stereocenters. The SMILES string of the molecule is Oc1nc(CCc2cccc(F)c2)[nH]c1/C=C1\C=Nc2ccccc21. The molecule has 3 aromatic rings. The number of benzene rings is 2. The van der Waals surface area contributed by atoms with Gasteiger partial charge in [-0.15, -0.1) is 0 Å². The lowest BCUT2D eigenvalue weighted by Gasteiger charge is -1.99. The monoisotopic (exact) mass is 333 g/mol. The number of allylic oxidation sites excluding steroid dienone is 1. The number of aliphatic imine (C=N–C) groups is 1. The van der Waals surface area contributed by atoms with Crippen molar-refractivity contribution in [1.82, 2.24) is 9.97 Å². The molecule has 4 rings (SSSR count). The van der Waals surface area contributed by atoms with Crippen molar-refractivity contribution in [3.05, 3.63) is 77.0 Å². The van der Waals surface area contributed by atoms with Crippen LogP contribution in [0.1, 0.15) is 22.6 Å². The largest absolute Gasteiger partial charge is 0.492 e. The van der Waals surface area contributed by atoms with Crippen molar-refractivity contribution in [3.63, 3.8) is 0 Å². The lowest BCUT2D eigenvalue weighted by atomic mass is 10.1. The van der Waals surface area contributed by atoms with Gasteiger partial charge in [-0.05, 0) is 36.3 Å². The molecule has 0 spiro atoms. The highest BCUT2D eigenvalue weighted by Gasteiger charge is 2.14. The van der Waals surface area contributed by atoms with Crippen LogP contribution in [-0.4, -0.2) is 21.3 Å². The number of H-pyrrole nitrogens is 1. The molecule has 2 N–H and O–H groups in total. The molecule has 4 nitrogen and oxygen atoms in total. The number of hydrogen-bond acceptors (Lipinski definition) is 3. The summed E-state index contributed by atoms with van der Waals surface area (Å²) in [5.74, 6) is 0.376. The van der Waals surface area contributed by atoms with Gasteiger partial charge >= 0.3 is 0 Å². The number of aromatic hydroxyl groups is 1. The molecule has 0 fully saturated rings. The number of aromatic amines is 1. The lowest BCUT2D eigenvalue weighted by Crippen LogP contribution is -1.94.